The van der Waals surface area contributed by atoms with Gasteiger partial charge >= 0.3 is 5.97 Å². The Morgan fingerprint density at radius 2 is 1.72 bits per heavy atom. The molecule has 8 nitrogen and oxygen atoms in total. The van der Waals surface area contributed by atoms with Crippen LogP contribution < -0.4 is 5.32 Å². The van der Waals surface area contributed by atoms with Crippen LogP contribution >= 0.6 is 0 Å². The molecular weight excluding hydrogens is 460 g/mol. The van der Waals surface area contributed by atoms with Crippen molar-refractivity contribution >= 4 is 23.7 Å². The molecule has 8 heteroatoms. The van der Waals surface area contributed by atoms with E-state index >= 15 is 0 Å². The van der Waals surface area contributed by atoms with Crippen LogP contribution in [0.2, 0.25) is 0 Å². The molecule has 0 spiro atoms. The quantitative estimate of drug-likeness (QED) is 0.465. The van der Waals surface area contributed by atoms with E-state index in [1.807, 2.05) is 0 Å². The highest BCUT2D eigenvalue weighted by atomic mass is 16.5. The minimum Gasteiger partial charge on any atom is -0.467 e. The molecule has 0 radical (unpaired) electrons. The molecule has 1 unspecified atom stereocenters. The minimum atomic E-state index is -0.708. The molecule has 4 aliphatic carbocycles. The lowest BCUT2D eigenvalue weighted by Gasteiger charge is -2.59. The van der Waals surface area contributed by atoms with Gasteiger partial charge in [0.25, 0.3) is 17.7 Å². The Labute approximate surface area is 209 Å². The third-order valence-corrected chi connectivity index (χ3v) is 8.82. The second kappa shape index (κ2) is 8.61. The predicted octanol–water partition coefficient (Wildman–Crippen LogP) is 3.95. The first-order valence-electron chi connectivity index (χ1n) is 12.8. The highest BCUT2D eigenvalue weighted by Crippen LogP contribution is 2.61. The third kappa shape index (κ3) is 3.92. The zero-order valence-electron chi connectivity index (χ0n) is 20.3. The molecule has 7 rings (SSSR count). The van der Waals surface area contributed by atoms with E-state index in [2.05, 4.69) is 12.2 Å². The first-order chi connectivity index (χ1) is 17.3. The molecule has 4 saturated carbocycles. The maximum absolute atomic E-state index is 12.8. The summed E-state index contributed by atoms with van der Waals surface area (Å²) in [5, 5.41) is 3.09. The van der Waals surface area contributed by atoms with Crippen LogP contribution in [-0.4, -0.2) is 41.2 Å². The number of nitrogens with zero attached hydrogens (tertiary/aromatic N) is 1. The Hall–Kier alpha value is -3.42. The summed E-state index contributed by atoms with van der Waals surface area (Å²) in [5.41, 5.74) is 0.658. The first kappa shape index (κ1) is 23.0. The number of esters is 1. The number of hydrogen-bond donors (Lipinski definition) is 1. The highest BCUT2D eigenvalue weighted by Gasteiger charge is 2.53. The standard InChI is InChI=1S/C28H30N2O6/c1-16(28-11-17-7-18(12-28)9-19(8-17)13-28)29-24(31)15-36-27(34)20-4-5-22-23(10-20)26(33)30(25(22)32)14-21-3-2-6-35-21/h2-6,10,16-19H,7-9,11-15H2,1H3,(H,29,31). The molecule has 36 heavy (non-hydrogen) atoms. The largest absolute Gasteiger partial charge is 0.467 e. The maximum Gasteiger partial charge on any atom is 0.338 e. The number of nitrogens with one attached hydrogen (secondary N) is 1. The SMILES string of the molecule is CC(NC(=O)COC(=O)c1ccc2c(c1)C(=O)N(Cc1ccco1)C2=O)C12CC3CC(CC(C3)C1)C2. The van der Waals surface area contributed by atoms with Crippen LogP contribution in [0.3, 0.4) is 0 Å². The van der Waals surface area contributed by atoms with Crippen molar-refractivity contribution in [3.63, 3.8) is 0 Å². The lowest BCUT2D eigenvalue weighted by molar-refractivity contribution is -0.128. The highest BCUT2D eigenvalue weighted by molar-refractivity contribution is 6.21. The van der Waals surface area contributed by atoms with Crippen molar-refractivity contribution in [3.8, 4) is 0 Å². The minimum absolute atomic E-state index is 0.0151. The molecule has 1 N–H and O–H groups in total. The molecule has 1 aliphatic heterocycles. The monoisotopic (exact) mass is 490 g/mol. The van der Waals surface area contributed by atoms with Crippen molar-refractivity contribution in [1.29, 1.82) is 0 Å². The smallest absolute Gasteiger partial charge is 0.338 e. The van der Waals surface area contributed by atoms with E-state index in [1.165, 1.54) is 63.0 Å². The predicted molar refractivity (Wildman–Crippen MR) is 128 cm³/mol. The topological polar surface area (TPSA) is 106 Å². The summed E-state index contributed by atoms with van der Waals surface area (Å²) in [4.78, 5) is 51.9. The van der Waals surface area contributed by atoms with Crippen LogP contribution in [0.25, 0.3) is 0 Å². The summed E-state index contributed by atoms with van der Waals surface area (Å²) in [7, 11) is 0. The summed E-state index contributed by atoms with van der Waals surface area (Å²) in [6.45, 7) is 1.72. The van der Waals surface area contributed by atoms with E-state index in [0.29, 0.717) is 5.76 Å². The number of benzene rings is 1. The number of carbonyl (C=O) groups excluding carboxylic acids is 4. The second-order valence-electron chi connectivity index (χ2n) is 11.2. The maximum atomic E-state index is 12.8. The first-order valence-corrected chi connectivity index (χ1v) is 12.8. The van der Waals surface area contributed by atoms with Crippen molar-refractivity contribution in [1.82, 2.24) is 10.2 Å². The molecule has 2 aromatic rings. The second-order valence-corrected chi connectivity index (χ2v) is 11.2. The van der Waals surface area contributed by atoms with Crippen molar-refractivity contribution in [3.05, 3.63) is 59.0 Å². The van der Waals surface area contributed by atoms with E-state index in [0.717, 1.165) is 22.7 Å². The van der Waals surface area contributed by atoms with E-state index in [4.69, 9.17) is 9.15 Å². The van der Waals surface area contributed by atoms with Gasteiger partial charge in [-0.2, -0.15) is 0 Å². The van der Waals surface area contributed by atoms with Gasteiger partial charge in [0.15, 0.2) is 6.61 Å². The molecule has 188 valence electrons. The lowest BCUT2D eigenvalue weighted by atomic mass is 9.48. The molecule has 0 saturated heterocycles. The molecule has 5 aliphatic rings. The van der Waals surface area contributed by atoms with Gasteiger partial charge in [0.05, 0.1) is 29.5 Å². The Morgan fingerprint density at radius 3 is 2.36 bits per heavy atom. The van der Waals surface area contributed by atoms with Gasteiger partial charge in [0, 0.05) is 6.04 Å². The van der Waals surface area contributed by atoms with Crippen LogP contribution in [0.15, 0.2) is 41.0 Å². The molecule has 1 atom stereocenters. The summed E-state index contributed by atoms with van der Waals surface area (Å²) >= 11 is 0. The number of ether oxygens (including phenoxy) is 1. The molecule has 4 fully saturated rings. The molecule has 4 bridgehead atoms. The van der Waals surface area contributed by atoms with Gasteiger partial charge in [-0.1, -0.05) is 0 Å². The van der Waals surface area contributed by atoms with Crippen molar-refractivity contribution in [2.75, 3.05) is 6.61 Å². The number of carbonyl (C=O) groups is 4. The Kier molecular flexibility index (Phi) is 5.50. The van der Waals surface area contributed by atoms with Gasteiger partial charge in [-0.05, 0) is 98.9 Å². The average molecular weight is 491 g/mol. The van der Waals surface area contributed by atoms with Gasteiger partial charge in [0.2, 0.25) is 0 Å². The average Bonchev–Trinajstić information content (AvgIpc) is 3.44. The van der Waals surface area contributed by atoms with Gasteiger partial charge in [-0.3, -0.25) is 19.3 Å². The summed E-state index contributed by atoms with van der Waals surface area (Å²) in [6.07, 6.45) is 9.03. The molecule has 2 heterocycles. The van der Waals surface area contributed by atoms with Gasteiger partial charge < -0.3 is 14.5 Å². The molecule has 1 aromatic carbocycles. The van der Waals surface area contributed by atoms with Crippen molar-refractivity contribution < 1.29 is 28.3 Å². The lowest BCUT2D eigenvalue weighted by Crippen LogP contribution is -2.56. The van der Waals surface area contributed by atoms with Gasteiger partial charge in [-0.15, -0.1) is 0 Å². The summed E-state index contributed by atoms with van der Waals surface area (Å²) in [5.74, 6) is 0.891. The van der Waals surface area contributed by atoms with Crippen molar-refractivity contribution in [2.45, 2.75) is 58.0 Å². The van der Waals surface area contributed by atoms with Crippen LogP contribution in [0.4, 0.5) is 0 Å². The zero-order valence-corrected chi connectivity index (χ0v) is 20.3. The van der Waals surface area contributed by atoms with Gasteiger partial charge in [0.1, 0.15) is 5.76 Å². The molecule has 1 aromatic heterocycles. The van der Waals surface area contributed by atoms with E-state index in [1.54, 1.807) is 12.1 Å². The third-order valence-electron chi connectivity index (χ3n) is 8.82. The molecule has 3 amide bonds. The van der Waals surface area contributed by atoms with Crippen LogP contribution in [0, 0.1) is 23.2 Å². The van der Waals surface area contributed by atoms with E-state index in [-0.39, 0.29) is 47.2 Å². The van der Waals surface area contributed by atoms with Crippen molar-refractivity contribution in [2.24, 2.45) is 23.2 Å². The number of rotatable bonds is 7. The number of hydrogen-bond acceptors (Lipinski definition) is 6. The van der Waals surface area contributed by atoms with E-state index in [9.17, 15) is 19.2 Å². The Morgan fingerprint density at radius 1 is 1.06 bits per heavy atom. The normalized spacial score (nSPS) is 28.8. The fraction of sp³-hybridized carbons (Fsp3) is 0.500. The zero-order chi connectivity index (χ0) is 25.0. The number of furan rings is 1. The number of fused-ring (bicyclic) bond motifs is 1. The fourth-order valence-electron chi connectivity index (χ4n) is 7.48. The summed E-state index contributed by atoms with van der Waals surface area (Å²) < 4.78 is 10.5. The Balaban J connectivity index is 1.06. The van der Waals surface area contributed by atoms with E-state index < -0.39 is 17.8 Å². The Bertz CT molecular complexity index is 1200. The molecular formula is C28H30N2O6. The van der Waals surface area contributed by atoms with Crippen LogP contribution in [0.5, 0.6) is 0 Å². The van der Waals surface area contributed by atoms with Crippen LogP contribution in [-0.2, 0) is 16.1 Å². The number of amides is 3. The number of imide groups is 1. The fourth-order valence-corrected chi connectivity index (χ4v) is 7.48. The summed E-state index contributed by atoms with van der Waals surface area (Å²) in [6, 6.07) is 7.65. The van der Waals surface area contributed by atoms with Gasteiger partial charge in [-0.25, -0.2) is 4.79 Å². The van der Waals surface area contributed by atoms with Crippen LogP contribution in [0.1, 0.15) is 82.3 Å².